The average molecular weight is 526 g/mol. The van der Waals surface area contributed by atoms with Crippen LogP contribution in [0, 0.1) is 35.5 Å². The number of nitriles is 1. The van der Waals surface area contributed by atoms with Gasteiger partial charge in [-0.15, -0.1) is 0 Å². The minimum atomic E-state index is -0.263. The number of carbonyl (C=O) groups excluding carboxylic acids is 2. The minimum absolute atomic E-state index is 0.158. The van der Waals surface area contributed by atoms with E-state index >= 15 is 0 Å². The highest BCUT2D eigenvalue weighted by Crippen LogP contribution is 2.45. The van der Waals surface area contributed by atoms with Gasteiger partial charge in [0.1, 0.15) is 5.65 Å². The maximum atomic E-state index is 13.5. The van der Waals surface area contributed by atoms with Gasteiger partial charge >= 0.3 is 0 Å². The van der Waals surface area contributed by atoms with Crippen LogP contribution >= 0.6 is 0 Å². The highest BCUT2D eigenvalue weighted by molar-refractivity contribution is 6.06. The molecule has 39 heavy (non-hydrogen) atoms. The highest BCUT2D eigenvalue weighted by Gasteiger charge is 2.42. The number of nitrogens with zero attached hydrogens (tertiary/aromatic N) is 4. The van der Waals surface area contributed by atoms with Gasteiger partial charge in [-0.1, -0.05) is 33.3 Å². The number of hydrogen-bond donors (Lipinski definition) is 1. The summed E-state index contributed by atoms with van der Waals surface area (Å²) in [5.41, 5.74) is 4.83. The number of benzene rings is 1. The fraction of sp³-hybridized carbons (Fsp3) is 0.500. The minimum Gasteiger partial charge on any atom is -0.342 e. The van der Waals surface area contributed by atoms with Crippen molar-refractivity contribution < 1.29 is 9.59 Å². The molecule has 2 amide bonds. The van der Waals surface area contributed by atoms with E-state index in [1.807, 2.05) is 14.0 Å². The monoisotopic (exact) mass is 525 g/mol. The lowest BCUT2D eigenvalue weighted by atomic mass is 9.74. The number of piperidine rings is 1. The van der Waals surface area contributed by atoms with E-state index in [1.165, 1.54) is 5.56 Å². The second kappa shape index (κ2) is 10.5. The van der Waals surface area contributed by atoms with Crippen LogP contribution in [-0.2, 0) is 11.8 Å². The normalized spacial score (nSPS) is 20.3. The van der Waals surface area contributed by atoms with E-state index in [0.29, 0.717) is 34.6 Å². The standard InChI is InChI=1S/C32H39N5O2/c1-20-27(35-30(38)23-9-6-8-21(16-23)17-33)18-34-29-28(20)25(19-36(29)5)22-12-14-37(15-13-22)31(39)24-10-7-11-26(24)32(2,3)4/h6,8-9,16,18-19,22,24,26H,7,10-15H2,1-5H3,(H,35,38)/t24-,26+/m1/s1. The lowest BCUT2D eigenvalue weighted by molar-refractivity contribution is -0.139. The number of nitrogens with one attached hydrogen (secondary N) is 1. The Balaban J connectivity index is 1.34. The first-order valence-corrected chi connectivity index (χ1v) is 14.1. The summed E-state index contributed by atoms with van der Waals surface area (Å²) < 4.78 is 2.06. The highest BCUT2D eigenvalue weighted by atomic mass is 16.2. The Bertz CT molecular complexity index is 1450. The summed E-state index contributed by atoms with van der Waals surface area (Å²) in [4.78, 5) is 33.3. The molecule has 1 aliphatic carbocycles. The first-order valence-electron chi connectivity index (χ1n) is 14.1. The van der Waals surface area contributed by atoms with Crippen molar-refractivity contribution in [2.45, 2.75) is 65.7 Å². The Morgan fingerprint density at radius 1 is 1.13 bits per heavy atom. The molecule has 1 aliphatic heterocycles. The quantitative estimate of drug-likeness (QED) is 0.441. The van der Waals surface area contributed by atoms with Crippen LogP contribution in [0.3, 0.4) is 0 Å². The molecule has 7 nitrogen and oxygen atoms in total. The maximum absolute atomic E-state index is 13.5. The summed E-state index contributed by atoms with van der Waals surface area (Å²) in [6.07, 6.45) is 9.05. The largest absolute Gasteiger partial charge is 0.342 e. The van der Waals surface area contributed by atoms with Crippen molar-refractivity contribution in [2.75, 3.05) is 18.4 Å². The summed E-state index contributed by atoms with van der Waals surface area (Å²) >= 11 is 0. The Labute approximate surface area is 231 Å². The molecule has 1 N–H and O–H groups in total. The van der Waals surface area contributed by atoms with Gasteiger partial charge in [-0.25, -0.2) is 4.98 Å². The predicted octanol–water partition coefficient (Wildman–Crippen LogP) is 6.17. The summed E-state index contributed by atoms with van der Waals surface area (Å²) in [6, 6.07) is 8.77. The number of aryl methyl sites for hydroxylation is 2. The maximum Gasteiger partial charge on any atom is 0.255 e. The zero-order valence-electron chi connectivity index (χ0n) is 23.8. The van der Waals surface area contributed by atoms with Crippen molar-refractivity contribution in [1.29, 1.82) is 5.26 Å². The summed E-state index contributed by atoms with van der Waals surface area (Å²) in [5.74, 6) is 1.04. The van der Waals surface area contributed by atoms with E-state index in [2.05, 4.69) is 47.8 Å². The van der Waals surface area contributed by atoms with E-state index in [-0.39, 0.29) is 17.2 Å². The molecular formula is C32H39N5O2. The SMILES string of the molecule is Cc1c(NC(=O)c2cccc(C#N)c2)cnc2c1c(C1CCN(C(=O)[C@@H]3CCC[C@@H]3C(C)(C)C)CC1)cn2C. The van der Waals surface area contributed by atoms with Crippen LogP contribution in [0.2, 0.25) is 0 Å². The molecule has 0 bridgehead atoms. The van der Waals surface area contributed by atoms with Crippen molar-refractivity contribution in [3.05, 3.63) is 58.9 Å². The van der Waals surface area contributed by atoms with Crippen molar-refractivity contribution in [3.8, 4) is 6.07 Å². The van der Waals surface area contributed by atoms with E-state index in [9.17, 15) is 14.9 Å². The molecule has 2 aliphatic rings. The zero-order valence-corrected chi connectivity index (χ0v) is 23.8. The Morgan fingerprint density at radius 2 is 1.87 bits per heavy atom. The first-order chi connectivity index (χ1) is 18.6. The number of likely N-dealkylation sites (tertiary alicyclic amines) is 1. The van der Waals surface area contributed by atoms with E-state index in [4.69, 9.17) is 4.98 Å². The third kappa shape index (κ3) is 5.17. The summed E-state index contributed by atoms with van der Waals surface area (Å²) in [5, 5.41) is 13.3. The number of aromatic nitrogens is 2. The molecule has 3 heterocycles. The number of hydrogen-bond acceptors (Lipinski definition) is 4. The molecule has 0 radical (unpaired) electrons. The summed E-state index contributed by atoms with van der Waals surface area (Å²) in [6.45, 7) is 10.4. The Morgan fingerprint density at radius 3 is 2.56 bits per heavy atom. The fourth-order valence-electron chi connectivity index (χ4n) is 6.83. The van der Waals surface area contributed by atoms with E-state index in [0.717, 1.165) is 61.8 Å². The van der Waals surface area contributed by atoms with Crippen molar-refractivity contribution in [2.24, 2.45) is 24.3 Å². The first kappa shape index (κ1) is 26.9. The molecule has 2 fully saturated rings. The van der Waals surface area contributed by atoms with Gasteiger partial charge in [0.2, 0.25) is 5.91 Å². The number of amides is 2. The van der Waals surface area contributed by atoms with Gasteiger partial charge in [0.15, 0.2) is 0 Å². The molecule has 5 rings (SSSR count). The third-order valence-electron chi connectivity index (χ3n) is 8.97. The molecule has 1 saturated heterocycles. The molecule has 0 unspecified atom stereocenters. The van der Waals surface area contributed by atoms with Gasteiger partial charge in [-0.05, 0) is 79.2 Å². The van der Waals surface area contributed by atoms with Gasteiger partial charge in [0.25, 0.3) is 5.91 Å². The van der Waals surface area contributed by atoms with Crippen molar-refractivity contribution in [1.82, 2.24) is 14.5 Å². The number of pyridine rings is 1. The number of carbonyl (C=O) groups is 2. The second-order valence-corrected chi connectivity index (χ2v) is 12.4. The third-order valence-corrected chi connectivity index (χ3v) is 8.97. The zero-order chi connectivity index (χ0) is 27.9. The molecule has 7 heteroatoms. The molecule has 204 valence electrons. The van der Waals surface area contributed by atoms with Crippen LogP contribution < -0.4 is 5.32 Å². The van der Waals surface area contributed by atoms with Crippen LogP contribution in [-0.4, -0.2) is 39.4 Å². The van der Waals surface area contributed by atoms with Crippen LogP contribution in [0.15, 0.2) is 36.7 Å². The number of fused-ring (bicyclic) bond motifs is 1. The predicted molar refractivity (Wildman–Crippen MR) is 153 cm³/mol. The lowest BCUT2D eigenvalue weighted by Gasteiger charge is -2.37. The van der Waals surface area contributed by atoms with Crippen LogP contribution in [0.5, 0.6) is 0 Å². The molecule has 2 aromatic heterocycles. The molecule has 1 aromatic carbocycles. The van der Waals surface area contributed by atoms with E-state index in [1.54, 1.807) is 30.5 Å². The Hall–Kier alpha value is -3.66. The van der Waals surface area contributed by atoms with E-state index < -0.39 is 0 Å². The lowest BCUT2D eigenvalue weighted by Crippen LogP contribution is -2.44. The Kier molecular flexibility index (Phi) is 7.24. The van der Waals surface area contributed by atoms with Crippen LogP contribution in [0.25, 0.3) is 11.0 Å². The van der Waals surface area contributed by atoms with Gasteiger partial charge in [0.05, 0.1) is 23.5 Å². The molecular weight excluding hydrogens is 486 g/mol. The van der Waals surface area contributed by atoms with Crippen molar-refractivity contribution >= 4 is 28.5 Å². The van der Waals surface area contributed by atoms with Gasteiger partial charge in [0, 0.05) is 43.2 Å². The molecule has 1 saturated carbocycles. The van der Waals surface area contributed by atoms with Crippen LogP contribution in [0.4, 0.5) is 5.69 Å². The summed E-state index contributed by atoms with van der Waals surface area (Å²) in [7, 11) is 2.01. The smallest absolute Gasteiger partial charge is 0.255 e. The molecule has 3 aromatic rings. The van der Waals surface area contributed by atoms with Gasteiger partial charge in [-0.2, -0.15) is 5.26 Å². The second-order valence-electron chi connectivity index (χ2n) is 12.4. The van der Waals surface area contributed by atoms with Gasteiger partial charge in [-0.3, -0.25) is 9.59 Å². The topological polar surface area (TPSA) is 91.0 Å². The fourth-order valence-corrected chi connectivity index (χ4v) is 6.83. The molecule has 0 spiro atoms. The molecule has 2 atom stereocenters. The van der Waals surface area contributed by atoms with Crippen molar-refractivity contribution in [3.63, 3.8) is 0 Å². The van der Waals surface area contributed by atoms with Crippen LogP contribution in [0.1, 0.15) is 85.8 Å². The average Bonchev–Trinajstić information content (AvgIpc) is 3.56. The number of anilines is 1. The van der Waals surface area contributed by atoms with Gasteiger partial charge < -0.3 is 14.8 Å². The number of rotatable bonds is 4.